The molecule has 0 aliphatic rings. The van der Waals surface area contributed by atoms with Crippen molar-refractivity contribution in [1.82, 2.24) is 0 Å². The first-order valence-corrected chi connectivity index (χ1v) is 2.19. The smallest absolute Gasteiger partial charge is 0.822 e. The molecule has 43 valence electrons. The monoisotopic (exact) mass is 269 g/mol. The Balaban J connectivity index is -0.0000000133. The first-order valence-electron chi connectivity index (χ1n) is 0.730. The van der Waals surface area contributed by atoms with Gasteiger partial charge in [0.15, 0.2) is 0 Å². The Hall–Kier alpha value is 3.41. The second kappa shape index (κ2) is 14.0. The minimum atomic E-state index is -5.39. The summed E-state index contributed by atoms with van der Waals surface area (Å²) in [6, 6.07) is 0. The van der Waals surface area contributed by atoms with E-state index in [0.29, 0.717) is 0 Å². The molecule has 0 spiro atoms. The zero-order valence-corrected chi connectivity index (χ0v) is 11.9. The minimum absolute atomic E-state index is 0. The van der Waals surface area contributed by atoms with Crippen LogP contribution in [0.15, 0.2) is 0 Å². The Morgan fingerprint density at radius 2 is 1.11 bits per heavy atom. The Bertz CT molecular complexity index is 66.7. The van der Waals surface area contributed by atoms with E-state index in [1.807, 2.05) is 0 Å². The maximum Gasteiger partial charge on any atom is 2.00 e. The summed E-state index contributed by atoms with van der Waals surface area (Å²) >= 11 is 0. The molecule has 0 N–H and O–H groups in total. The van der Waals surface area contributed by atoms with Gasteiger partial charge in [0.1, 0.15) is 0 Å². The summed E-state index contributed by atoms with van der Waals surface area (Å²) in [5.41, 5.74) is 0. The van der Waals surface area contributed by atoms with E-state index in [9.17, 15) is 0 Å². The first kappa shape index (κ1) is 29.4. The van der Waals surface area contributed by atoms with Crippen molar-refractivity contribution in [3.63, 3.8) is 0 Å². The Kier molecular flexibility index (Phi) is 45.7. The van der Waals surface area contributed by atoms with Crippen molar-refractivity contribution < 1.29 is 82.9 Å². The number of hydrogen-bond acceptors (Lipinski definition) is 4. The van der Waals surface area contributed by atoms with Crippen LogP contribution in [0, 0.1) is 0 Å². The predicted molar refractivity (Wildman–Crippen MR) is 13.4 cm³/mol. The van der Waals surface area contributed by atoms with Gasteiger partial charge in [0, 0.05) is 0 Å². The summed E-state index contributed by atoms with van der Waals surface area (Å²) < 4.78 is 8.55. The fourth-order valence-electron chi connectivity index (χ4n) is 0. The van der Waals surface area contributed by atoms with E-state index in [0.717, 1.165) is 0 Å². The number of hydrogen-bond donors (Lipinski definition) is 0. The van der Waals surface area contributed by atoms with Crippen molar-refractivity contribution in [3.05, 3.63) is 0 Å². The van der Waals surface area contributed by atoms with Crippen LogP contribution in [-0.4, -0.2) is 37.7 Å². The molecular weight excluding hydrogens is 269 g/mol. The minimum Gasteiger partial charge on any atom is -0.822 e. The van der Waals surface area contributed by atoms with E-state index in [2.05, 4.69) is 0 Å². The zero-order chi connectivity index (χ0) is 4.50. The molecule has 0 fully saturated rings. The maximum atomic E-state index is 8.55. The molecule has 0 aliphatic heterocycles. The molecule has 1 radical (unpaired) electrons. The third-order valence-electron chi connectivity index (χ3n) is 0. The SMILES string of the molecule is O=P([O-])([O-])[O-].[Ca+2].[Fe+2].[Mn+2].[Na+]. The van der Waals surface area contributed by atoms with Crippen molar-refractivity contribution in [2.45, 2.75) is 0 Å². The molecule has 0 aromatic heterocycles. The van der Waals surface area contributed by atoms with Gasteiger partial charge in [-0.05, 0) is 0 Å². The van der Waals surface area contributed by atoms with Crippen molar-refractivity contribution >= 4 is 45.6 Å². The van der Waals surface area contributed by atoms with Crippen molar-refractivity contribution in [3.8, 4) is 0 Å². The van der Waals surface area contributed by atoms with Crippen molar-refractivity contribution in [1.29, 1.82) is 0 Å². The van der Waals surface area contributed by atoms with Crippen molar-refractivity contribution in [2.75, 3.05) is 0 Å². The maximum absolute atomic E-state index is 8.55. The molecule has 9 heavy (non-hydrogen) atoms. The van der Waals surface area contributed by atoms with Gasteiger partial charge >= 0.3 is 101 Å². The number of rotatable bonds is 0. The summed E-state index contributed by atoms with van der Waals surface area (Å²) in [5.74, 6) is 0. The van der Waals surface area contributed by atoms with Crippen LogP contribution < -0.4 is 44.2 Å². The molecule has 0 unspecified atom stereocenters. The van der Waals surface area contributed by atoms with Crippen LogP contribution in [-0.2, 0) is 38.7 Å². The van der Waals surface area contributed by atoms with Crippen LogP contribution in [0.5, 0.6) is 0 Å². The number of phosphoric acid groups is 1. The van der Waals surface area contributed by atoms with Gasteiger partial charge in [-0.25, -0.2) is 0 Å². The Morgan fingerprint density at radius 3 is 1.11 bits per heavy atom. The quantitative estimate of drug-likeness (QED) is 0.323. The third kappa shape index (κ3) is 86.9. The molecule has 0 bridgehead atoms. The van der Waals surface area contributed by atoms with Crippen LogP contribution in [0.1, 0.15) is 0 Å². The summed E-state index contributed by atoms with van der Waals surface area (Å²) in [4.78, 5) is 25.6. The second-order valence-electron chi connectivity index (χ2n) is 0.447. The molecule has 0 atom stereocenters. The first-order chi connectivity index (χ1) is 2.00. The second-order valence-corrected chi connectivity index (χ2v) is 1.34. The van der Waals surface area contributed by atoms with Crippen LogP contribution >= 0.6 is 7.82 Å². The standard InChI is InChI=1S/Ca.Fe.Mn.Na.H3O4P/c;;;;1-5(2,3)4/h;;;;(H3,1,2,3,4)/q3*+2;+1;/p-3. The van der Waals surface area contributed by atoms with Crippen LogP contribution in [0.25, 0.3) is 0 Å². The van der Waals surface area contributed by atoms with Gasteiger partial charge in [0.2, 0.25) is 0 Å². The fourth-order valence-corrected chi connectivity index (χ4v) is 0. The summed E-state index contributed by atoms with van der Waals surface area (Å²) in [7, 11) is -5.39. The third-order valence-corrected chi connectivity index (χ3v) is 0. The van der Waals surface area contributed by atoms with Crippen LogP contribution in [0.2, 0.25) is 0 Å². The molecule has 4 nitrogen and oxygen atoms in total. The molecule has 0 rings (SSSR count). The molecule has 9 heteroatoms. The molecule has 0 aromatic carbocycles. The van der Waals surface area contributed by atoms with Crippen LogP contribution in [0.3, 0.4) is 0 Å². The fraction of sp³-hybridized carbons (Fsp3) is 0. The largest absolute Gasteiger partial charge is 2.00 e. The molecular formula is CaFeMnNaO4P+4. The normalized spacial score (nSPS) is 6.56. The van der Waals surface area contributed by atoms with E-state index in [1.54, 1.807) is 0 Å². The molecule has 0 aliphatic carbocycles. The van der Waals surface area contributed by atoms with Gasteiger partial charge in [-0.3, -0.25) is 0 Å². The van der Waals surface area contributed by atoms with Gasteiger partial charge in [0.25, 0.3) is 0 Å². The van der Waals surface area contributed by atoms with E-state index in [1.165, 1.54) is 0 Å². The van der Waals surface area contributed by atoms with E-state index in [-0.39, 0.29) is 101 Å². The average molecular weight is 269 g/mol. The molecule has 0 saturated carbocycles. The van der Waals surface area contributed by atoms with Gasteiger partial charge in [0.05, 0.1) is 0 Å². The van der Waals surface area contributed by atoms with Crippen molar-refractivity contribution in [2.24, 2.45) is 0 Å². The summed E-state index contributed by atoms with van der Waals surface area (Å²) in [6.45, 7) is 0. The summed E-state index contributed by atoms with van der Waals surface area (Å²) in [5, 5.41) is 0. The predicted octanol–water partition coefficient (Wildman–Crippen LogP) is -6.21. The molecule has 0 heterocycles. The summed E-state index contributed by atoms with van der Waals surface area (Å²) in [6.07, 6.45) is 0. The van der Waals surface area contributed by atoms with Gasteiger partial charge < -0.3 is 19.2 Å². The Morgan fingerprint density at radius 1 is 1.11 bits per heavy atom. The molecule has 0 aromatic rings. The van der Waals surface area contributed by atoms with Crippen LogP contribution in [0.4, 0.5) is 0 Å². The van der Waals surface area contributed by atoms with E-state index < -0.39 is 7.82 Å². The van der Waals surface area contributed by atoms with Gasteiger partial charge in [-0.15, -0.1) is 0 Å². The Labute approximate surface area is 126 Å². The van der Waals surface area contributed by atoms with Gasteiger partial charge in [-0.1, -0.05) is 0 Å². The molecule has 0 amide bonds. The topological polar surface area (TPSA) is 86.2 Å². The average Bonchev–Trinajstić information content (AvgIpc) is 0.722. The van der Waals surface area contributed by atoms with Gasteiger partial charge in [-0.2, -0.15) is 7.82 Å². The van der Waals surface area contributed by atoms with E-state index in [4.69, 9.17) is 19.2 Å². The zero-order valence-electron chi connectivity index (χ0n) is 4.52. The molecule has 0 saturated heterocycles. The van der Waals surface area contributed by atoms with E-state index >= 15 is 0 Å².